The molecule has 0 aliphatic carbocycles. The van der Waals surface area contributed by atoms with Crippen molar-refractivity contribution in [1.29, 1.82) is 0 Å². The standard InChI is InChI=1S/C8H15N5OS/c1-6(8-10-12-13-11-8)9-7-2-4-15(14)5-3-7/h6-7,9H,2-5H2,1H3,(H,10,11,12,13). The Morgan fingerprint density at radius 3 is 2.87 bits per heavy atom. The minimum absolute atomic E-state index is 0.0975. The fourth-order valence-electron chi connectivity index (χ4n) is 1.74. The van der Waals surface area contributed by atoms with Crippen molar-refractivity contribution in [3.63, 3.8) is 0 Å². The van der Waals surface area contributed by atoms with Gasteiger partial charge in [0.25, 0.3) is 0 Å². The van der Waals surface area contributed by atoms with Gasteiger partial charge < -0.3 is 5.32 Å². The highest BCUT2D eigenvalue weighted by Crippen LogP contribution is 2.13. The fraction of sp³-hybridized carbons (Fsp3) is 0.875. The van der Waals surface area contributed by atoms with Gasteiger partial charge >= 0.3 is 0 Å². The highest BCUT2D eigenvalue weighted by molar-refractivity contribution is 7.85. The van der Waals surface area contributed by atoms with Crippen LogP contribution in [0.3, 0.4) is 0 Å². The SMILES string of the molecule is CC(NC1CCS(=O)CC1)c1nn[nH]n1. The van der Waals surface area contributed by atoms with E-state index in [-0.39, 0.29) is 6.04 Å². The molecule has 2 N–H and O–H groups in total. The van der Waals surface area contributed by atoms with Crippen molar-refractivity contribution in [2.45, 2.75) is 31.8 Å². The van der Waals surface area contributed by atoms with Gasteiger partial charge in [-0.25, -0.2) is 0 Å². The van der Waals surface area contributed by atoms with Gasteiger partial charge in [0.1, 0.15) is 0 Å². The Kier molecular flexibility index (Phi) is 3.42. The Morgan fingerprint density at radius 2 is 2.27 bits per heavy atom. The molecule has 0 spiro atoms. The van der Waals surface area contributed by atoms with Crippen molar-refractivity contribution in [2.24, 2.45) is 0 Å². The van der Waals surface area contributed by atoms with Crippen LogP contribution in [-0.2, 0) is 10.8 Å². The normalized spacial score (nSPS) is 28.9. The summed E-state index contributed by atoms with van der Waals surface area (Å²) in [6.07, 6.45) is 1.93. The van der Waals surface area contributed by atoms with E-state index in [4.69, 9.17) is 0 Å². The molecular formula is C8H15N5OS. The van der Waals surface area contributed by atoms with Gasteiger partial charge in [-0.2, -0.15) is 5.21 Å². The maximum absolute atomic E-state index is 11.2. The maximum atomic E-state index is 11.2. The lowest BCUT2D eigenvalue weighted by Crippen LogP contribution is -2.37. The Bertz CT molecular complexity index is 318. The lowest BCUT2D eigenvalue weighted by atomic mass is 10.1. The molecule has 1 aromatic rings. The molecule has 1 saturated heterocycles. The molecule has 2 heterocycles. The number of tetrazole rings is 1. The molecular weight excluding hydrogens is 214 g/mol. The van der Waals surface area contributed by atoms with Gasteiger partial charge in [0.05, 0.1) is 6.04 Å². The largest absolute Gasteiger partial charge is 0.305 e. The zero-order valence-electron chi connectivity index (χ0n) is 8.64. The summed E-state index contributed by atoms with van der Waals surface area (Å²) in [6.45, 7) is 2.01. The third-order valence-electron chi connectivity index (χ3n) is 2.62. The number of aromatic nitrogens is 4. The van der Waals surface area contributed by atoms with Gasteiger partial charge in [0, 0.05) is 28.3 Å². The summed E-state index contributed by atoms with van der Waals surface area (Å²) in [5, 5.41) is 17.2. The molecule has 0 amide bonds. The van der Waals surface area contributed by atoms with Gasteiger partial charge in [-0.3, -0.25) is 4.21 Å². The van der Waals surface area contributed by atoms with Crippen molar-refractivity contribution >= 4 is 10.8 Å². The van der Waals surface area contributed by atoms with Crippen LogP contribution >= 0.6 is 0 Å². The summed E-state index contributed by atoms with van der Waals surface area (Å²) in [7, 11) is -0.602. The van der Waals surface area contributed by atoms with Crippen LogP contribution in [0.25, 0.3) is 0 Å². The molecule has 0 aromatic carbocycles. The Morgan fingerprint density at radius 1 is 1.53 bits per heavy atom. The first kappa shape index (κ1) is 10.7. The van der Waals surface area contributed by atoms with Crippen LogP contribution in [0.5, 0.6) is 0 Å². The first-order valence-electron chi connectivity index (χ1n) is 5.10. The van der Waals surface area contributed by atoms with E-state index in [1.54, 1.807) is 0 Å². The number of nitrogens with one attached hydrogen (secondary N) is 2. The van der Waals surface area contributed by atoms with Crippen LogP contribution < -0.4 is 5.32 Å². The summed E-state index contributed by atoms with van der Waals surface area (Å²) in [6, 6.07) is 0.525. The summed E-state index contributed by atoms with van der Waals surface area (Å²) in [4.78, 5) is 0. The van der Waals surface area contributed by atoms with E-state index in [0.717, 1.165) is 24.3 Å². The summed E-state index contributed by atoms with van der Waals surface area (Å²) < 4.78 is 11.2. The molecule has 1 aliphatic heterocycles. The Labute approximate surface area is 90.7 Å². The number of rotatable bonds is 3. The highest BCUT2D eigenvalue weighted by Gasteiger charge is 2.21. The van der Waals surface area contributed by atoms with Crippen LogP contribution in [0.15, 0.2) is 0 Å². The molecule has 1 aromatic heterocycles. The molecule has 7 heteroatoms. The zero-order valence-corrected chi connectivity index (χ0v) is 9.46. The van der Waals surface area contributed by atoms with Gasteiger partial charge in [0.2, 0.25) is 0 Å². The van der Waals surface area contributed by atoms with Crippen molar-refractivity contribution in [1.82, 2.24) is 25.9 Å². The Hall–Kier alpha value is -0.820. The molecule has 1 aliphatic rings. The number of hydrogen-bond donors (Lipinski definition) is 2. The third kappa shape index (κ3) is 2.82. The van der Waals surface area contributed by atoms with E-state index in [0.29, 0.717) is 11.9 Å². The molecule has 15 heavy (non-hydrogen) atoms. The van der Waals surface area contributed by atoms with Crippen LogP contribution in [0, 0.1) is 0 Å². The molecule has 1 atom stereocenters. The molecule has 1 unspecified atom stereocenters. The molecule has 84 valence electrons. The second-order valence-corrected chi connectivity index (χ2v) is 5.48. The van der Waals surface area contributed by atoms with Crippen molar-refractivity contribution < 1.29 is 4.21 Å². The predicted octanol–water partition coefficient (Wildman–Crippen LogP) is -0.239. The van der Waals surface area contributed by atoms with Gasteiger partial charge in [-0.1, -0.05) is 5.21 Å². The molecule has 0 saturated carbocycles. The van der Waals surface area contributed by atoms with Gasteiger partial charge in [-0.05, 0) is 19.8 Å². The summed E-state index contributed by atoms with van der Waals surface area (Å²) in [5.41, 5.74) is 0. The minimum Gasteiger partial charge on any atom is -0.305 e. The van der Waals surface area contributed by atoms with E-state index in [1.807, 2.05) is 6.92 Å². The van der Waals surface area contributed by atoms with E-state index in [2.05, 4.69) is 25.9 Å². The average Bonchev–Trinajstić information content (AvgIpc) is 2.74. The van der Waals surface area contributed by atoms with Gasteiger partial charge in [-0.15, -0.1) is 10.2 Å². The third-order valence-corrected chi connectivity index (χ3v) is 4.00. The molecule has 6 nitrogen and oxygen atoms in total. The van der Waals surface area contributed by atoms with Crippen molar-refractivity contribution in [3.05, 3.63) is 5.82 Å². The lowest BCUT2D eigenvalue weighted by molar-refractivity contribution is 0.416. The fourth-order valence-corrected chi connectivity index (χ4v) is 3.04. The maximum Gasteiger partial charge on any atom is 0.191 e. The minimum atomic E-state index is -0.602. The van der Waals surface area contributed by atoms with E-state index < -0.39 is 10.8 Å². The summed E-state index contributed by atoms with van der Waals surface area (Å²) >= 11 is 0. The predicted molar refractivity (Wildman–Crippen MR) is 56.6 cm³/mol. The lowest BCUT2D eigenvalue weighted by Gasteiger charge is -2.24. The van der Waals surface area contributed by atoms with E-state index in [1.165, 1.54) is 0 Å². The zero-order chi connectivity index (χ0) is 10.7. The van der Waals surface area contributed by atoms with E-state index >= 15 is 0 Å². The van der Waals surface area contributed by atoms with Crippen LogP contribution in [-0.4, -0.2) is 42.4 Å². The first-order chi connectivity index (χ1) is 7.25. The highest BCUT2D eigenvalue weighted by atomic mass is 32.2. The number of aromatic amines is 1. The van der Waals surface area contributed by atoms with Crippen LogP contribution in [0.4, 0.5) is 0 Å². The van der Waals surface area contributed by atoms with Crippen LogP contribution in [0.1, 0.15) is 31.6 Å². The molecule has 1 fully saturated rings. The monoisotopic (exact) mass is 229 g/mol. The number of hydrogen-bond acceptors (Lipinski definition) is 5. The molecule has 2 rings (SSSR count). The topological polar surface area (TPSA) is 83.6 Å². The first-order valence-corrected chi connectivity index (χ1v) is 6.59. The smallest absolute Gasteiger partial charge is 0.191 e. The second kappa shape index (κ2) is 4.80. The quantitative estimate of drug-likeness (QED) is 0.747. The van der Waals surface area contributed by atoms with Crippen molar-refractivity contribution in [3.8, 4) is 0 Å². The van der Waals surface area contributed by atoms with E-state index in [9.17, 15) is 4.21 Å². The van der Waals surface area contributed by atoms with Crippen molar-refractivity contribution in [2.75, 3.05) is 11.5 Å². The molecule has 0 bridgehead atoms. The Balaban J connectivity index is 1.84. The second-order valence-electron chi connectivity index (χ2n) is 3.78. The van der Waals surface area contributed by atoms with Gasteiger partial charge in [0.15, 0.2) is 5.82 Å². The molecule has 0 radical (unpaired) electrons. The summed E-state index contributed by atoms with van der Waals surface area (Å²) in [5.74, 6) is 2.29. The van der Waals surface area contributed by atoms with Crippen LogP contribution in [0.2, 0.25) is 0 Å². The number of H-pyrrole nitrogens is 1. The average molecular weight is 229 g/mol. The number of nitrogens with zero attached hydrogens (tertiary/aromatic N) is 3.